The predicted octanol–water partition coefficient (Wildman–Crippen LogP) is 1.29. The lowest BCUT2D eigenvalue weighted by Gasteiger charge is -2.31. The number of carbonyl (C=O) groups is 1. The van der Waals surface area contributed by atoms with Crippen LogP contribution >= 0.6 is 0 Å². The van der Waals surface area contributed by atoms with E-state index in [0.29, 0.717) is 0 Å². The van der Waals surface area contributed by atoms with Gasteiger partial charge in [-0.05, 0) is 25.8 Å². The molecule has 0 aromatic carbocycles. The van der Waals surface area contributed by atoms with Gasteiger partial charge in [-0.1, -0.05) is 13.3 Å². The van der Waals surface area contributed by atoms with E-state index in [-0.39, 0.29) is 11.8 Å². The van der Waals surface area contributed by atoms with Crippen LogP contribution in [0.2, 0.25) is 0 Å². The van der Waals surface area contributed by atoms with Gasteiger partial charge in [-0.2, -0.15) is 9.61 Å². The second kappa shape index (κ2) is 7.61. The van der Waals surface area contributed by atoms with Gasteiger partial charge in [0.15, 0.2) is 5.65 Å². The minimum atomic E-state index is -0.177. The quantitative estimate of drug-likeness (QED) is 0.798. The number of aromatic nitrogens is 3. The van der Waals surface area contributed by atoms with Crippen molar-refractivity contribution in [2.75, 3.05) is 31.5 Å². The number of carbonyl (C=O) groups excluding carboxylic acids is 1. The number of likely N-dealkylation sites (tertiary alicyclic amines) is 1. The smallest absolute Gasteiger partial charge is 0.221 e. The molecule has 7 nitrogen and oxygen atoms in total. The van der Waals surface area contributed by atoms with E-state index in [1.54, 1.807) is 6.20 Å². The van der Waals surface area contributed by atoms with E-state index in [0.717, 1.165) is 69.0 Å². The summed E-state index contributed by atoms with van der Waals surface area (Å²) < 4.78 is 1.83. The van der Waals surface area contributed by atoms with E-state index < -0.39 is 0 Å². The van der Waals surface area contributed by atoms with Crippen molar-refractivity contribution in [3.63, 3.8) is 0 Å². The van der Waals surface area contributed by atoms with Crippen molar-refractivity contribution in [2.24, 2.45) is 11.7 Å². The fourth-order valence-electron chi connectivity index (χ4n) is 3.31. The van der Waals surface area contributed by atoms with E-state index in [1.165, 1.54) is 0 Å². The van der Waals surface area contributed by atoms with Crippen LogP contribution < -0.4 is 11.1 Å². The lowest BCUT2D eigenvalue weighted by molar-refractivity contribution is -0.123. The number of aryl methyl sites for hydroxylation is 1. The molecule has 2 aromatic heterocycles. The van der Waals surface area contributed by atoms with E-state index >= 15 is 0 Å². The molecule has 2 aromatic rings. The molecule has 1 atom stereocenters. The van der Waals surface area contributed by atoms with Crippen LogP contribution in [0.25, 0.3) is 5.65 Å². The first-order valence-electron chi connectivity index (χ1n) is 8.76. The lowest BCUT2D eigenvalue weighted by atomic mass is 9.97. The van der Waals surface area contributed by atoms with Crippen molar-refractivity contribution < 1.29 is 4.79 Å². The zero-order valence-corrected chi connectivity index (χ0v) is 14.2. The van der Waals surface area contributed by atoms with Crippen LogP contribution in [0.1, 0.15) is 31.9 Å². The summed E-state index contributed by atoms with van der Waals surface area (Å²) in [4.78, 5) is 18.3. The average Bonchev–Trinajstić information content (AvgIpc) is 3.04. The molecule has 1 fully saturated rings. The average molecular weight is 330 g/mol. The van der Waals surface area contributed by atoms with E-state index in [1.807, 2.05) is 10.6 Å². The first-order chi connectivity index (χ1) is 11.7. The molecule has 24 heavy (non-hydrogen) atoms. The highest BCUT2D eigenvalue weighted by atomic mass is 16.1. The summed E-state index contributed by atoms with van der Waals surface area (Å²) in [6, 6.07) is 4.00. The second-order valence-electron chi connectivity index (χ2n) is 6.45. The molecule has 1 saturated heterocycles. The maximum atomic E-state index is 11.4. The molecule has 0 spiro atoms. The summed E-state index contributed by atoms with van der Waals surface area (Å²) in [6.45, 7) is 5.64. The van der Waals surface area contributed by atoms with Gasteiger partial charge in [0.25, 0.3) is 0 Å². The Kier molecular flexibility index (Phi) is 5.30. The standard InChI is InChI=1S/C17H26N6O/c1-2-4-14-11-16(23-15(21-14)6-7-20-23)19-8-10-22-9-3-5-13(12-22)17(18)24/h6-7,11,13,19H,2-5,8-10,12H2,1H3,(H2,18,24)/t13-/m0/s1. The number of nitrogens with two attached hydrogens (primary N) is 1. The van der Waals surface area contributed by atoms with Crippen LogP contribution in [0, 0.1) is 5.92 Å². The van der Waals surface area contributed by atoms with Gasteiger partial charge in [-0.15, -0.1) is 0 Å². The molecular weight excluding hydrogens is 304 g/mol. The van der Waals surface area contributed by atoms with Crippen molar-refractivity contribution in [1.82, 2.24) is 19.5 Å². The molecule has 0 bridgehead atoms. The molecule has 0 radical (unpaired) electrons. The number of amides is 1. The van der Waals surface area contributed by atoms with Gasteiger partial charge in [0, 0.05) is 37.5 Å². The minimum Gasteiger partial charge on any atom is -0.369 e. The molecule has 3 N–H and O–H groups in total. The monoisotopic (exact) mass is 330 g/mol. The second-order valence-corrected chi connectivity index (χ2v) is 6.45. The molecule has 3 heterocycles. The summed E-state index contributed by atoms with van der Waals surface area (Å²) in [5, 5.41) is 7.80. The highest BCUT2D eigenvalue weighted by Gasteiger charge is 2.23. The van der Waals surface area contributed by atoms with Crippen LogP contribution in [0.15, 0.2) is 18.3 Å². The third-order valence-corrected chi connectivity index (χ3v) is 4.56. The van der Waals surface area contributed by atoms with Crippen molar-refractivity contribution >= 4 is 17.4 Å². The highest BCUT2D eigenvalue weighted by molar-refractivity contribution is 5.76. The third-order valence-electron chi connectivity index (χ3n) is 4.56. The normalized spacial score (nSPS) is 18.8. The molecule has 0 aliphatic carbocycles. The number of anilines is 1. The third kappa shape index (κ3) is 3.84. The molecule has 1 aliphatic heterocycles. The molecule has 7 heteroatoms. The summed E-state index contributed by atoms with van der Waals surface area (Å²) in [5.41, 5.74) is 7.40. The number of nitrogens with one attached hydrogen (secondary N) is 1. The highest BCUT2D eigenvalue weighted by Crippen LogP contribution is 2.16. The molecule has 1 aliphatic rings. The number of nitrogens with zero attached hydrogens (tertiary/aromatic N) is 4. The molecular formula is C17H26N6O. The zero-order valence-electron chi connectivity index (χ0n) is 14.2. The molecule has 130 valence electrons. The molecule has 0 saturated carbocycles. The lowest BCUT2D eigenvalue weighted by Crippen LogP contribution is -2.42. The topological polar surface area (TPSA) is 88.5 Å². The van der Waals surface area contributed by atoms with Gasteiger partial charge in [0.2, 0.25) is 5.91 Å². The van der Waals surface area contributed by atoms with E-state index in [4.69, 9.17) is 5.73 Å². The number of piperidine rings is 1. The number of hydrogen-bond donors (Lipinski definition) is 2. The Balaban J connectivity index is 1.61. The maximum Gasteiger partial charge on any atom is 0.221 e. The van der Waals surface area contributed by atoms with Crippen LogP contribution in [-0.4, -0.2) is 51.6 Å². The van der Waals surface area contributed by atoms with Gasteiger partial charge in [-0.3, -0.25) is 4.79 Å². The Labute approximate surface area is 142 Å². The Morgan fingerprint density at radius 3 is 3.17 bits per heavy atom. The van der Waals surface area contributed by atoms with E-state index in [2.05, 4.69) is 33.3 Å². The summed E-state index contributed by atoms with van der Waals surface area (Å²) in [5.74, 6) is 0.787. The maximum absolute atomic E-state index is 11.4. The molecule has 1 amide bonds. The molecule has 3 rings (SSSR count). The van der Waals surface area contributed by atoms with Gasteiger partial charge in [-0.25, -0.2) is 4.98 Å². The summed E-state index contributed by atoms with van der Waals surface area (Å²) in [7, 11) is 0. The largest absolute Gasteiger partial charge is 0.369 e. The van der Waals surface area contributed by atoms with Crippen LogP contribution in [0.4, 0.5) is 5.82 Å². The minimum absolute atomic E-state index is 0.00588. The first-order valence-corrected chi connectivity index (χ1v) is 8.76. The predicted molar refractivity (Wildman–Crippen MR) is 93.8 cm³/mol. The number of rotatable bonds is 7. The van der Waals surface area contributed by atoms with Crippen molar-refractivity contribution in [3.8, 4) is 0 Å². The van der Waals surface area contributed by atoms with Crippen molar-refractivity contribution in [2.45, 2.75) is 32.6 Å². The van der Waals surface area contributed by atoms with Crippen LogP contribution in [0.3, 0.4) is 0 Å². The summed E-state index contributed by atoms with van der Waals surface area (Å²) >= 11 is 0. The number of fused-ring (bicyclic) bond motifs is 1. The van der Waals surface area contributed by atoms with Crippen LogP contribution in [-0.2, 0) is 11.2 Å². The van der Waals surface area contributed by atoms with Gasteiger partial charge < -0.3 is 16.0 Å². The zero-order chi connectivity index (χ0) is 16.9. The van der Waals surface area contributed by atoms with Crippen molar-refractivity contribution in [3.05, 3.63) is 24.0 Å². The first kappa shape index (κ1) is 16.7. The SMILES string of the molecule is CCCc1cc(NCCN2CCC[C@H](C(N)=O)C2)n2nccc2n1. The molecule has 0 unspecified atom stereocenters. The van der Waals surface area contributed by atoms with Gasteiger partial charge in [0.05, 0.1) is 12.1 Å². The number of hydrogen-bond acceptors (Lipinski definition) is 5. The Hall–Kier alpha value is -2.15. The fraction of sp³-hybridized carbons (Fsp3) is 0.588. The Morgan fingerprint density at radius 1 is 1.50 bits per heavy atom. The van der Waals surface area contributed by atoms with Gasteiger partial charge in [0.1, 0.15) is 5.82 Å². The number of primary amides is 1. The Bertz CT molecular complexity index is 697. The van der Waals surface area contributed by atoms with Gasteiger partial charge >= 0.3 is 0 Å². The van der Waals surface area contributed by atoms with Crippen molar-refractivity contribution in [1.29, 1.82) is 0 Å². The van der Waals surface area contributed by atoms with E-state index in [9.17, 15) is 4.79 Å². The van der Waals surface area contributed by atoms with Crippen LogP contribution in [0.5, 0.6) is 0 Å². The fourth-order valence-corrected chi connectivity index (χ4v) is 3.31. The summed E-state index contributed by atoms with van der Waals surface area (Å²) in [6.07, 6.45) is 5.75. The Morgan fingerprint density at radius 2 is 2.38 bits per heavy atom.